The predicted molar refractivity (Wildman–Crippen MR) is 203 cm³/mol. The molecule has 9 rings (SSSR count). The Morgan fingerprint density at radius 3 is 2.18 bits per heavy atom. The average molecular weight is 746 g/mol. The molecule has 12 heteroatoms. The molecule has 11 nitrogen and oxygen atoms in total. The van der Waals surface area contributed by atoms with Gasteiger partial charge in [-0.2, -0.15) is 0 Å². The first-order valence-corrected chi connectivity index (χ1v) is 19.2. The summed E-state index contributed by atoms with van der Waals surface area (Å²) in [6.45, 7) is 5.89. The summed E-state index contributed by atoms with van der Waals surface area (Å²) in [7, 11) is 0. The highest BCUT2D eigenvalue weighted by atomic mass is 19.1. The molecule has 3 fully saturated rings. The zero-order valence-electron chi connectivity index (χ0n) is 30.5. The molecule has 0 saturated carbocycles. The number of rotatable bonds is 11. The molecule has 0 aromatic heterocycles. The monoisotopic (exact) mass is 745 g/mol. The molecule has 0 radical (unpaired) electrons. The van der Waals surface area contributed by atoms with Crippen molar-refractivity contribution in [1.82, 2.24) is 20.0 Å². The molecule has 4 aromatic rings. The Morgan fingerprint density at radius 2 is 1.47 bits per heavy atom. The molecule has 1 unspecified atom stereocenters. The molecule has 4 aromatic carbocycles. The van der Waals surface area contributed by atoms with Gasteiger partial charge in [0.15, 0.2) is 0 Å². The van der Waals surface area contributed by atoms with Gasteiger partial charge in [0.1, 0.15) is 42.3 Å². The molecule has 55 heavy (non-hydrogen) atoms. The number of aromatic hydroxyl groups is 1. The Hall–Kier alpha value is -5.46. The number of phenols is 1. The van der Waals surface area contributed by atoms with E-state index < -0.39 is 11.9 Å². The minimum absolute atomic E-state index is 0.0748. The Morgan fingerprint density at radius 1 is 0.764 bits per heavy atom. The van der Waals surface area contributed by atoms with Gasteiger partial charge in [0, 0.05) is 69.0 Å². The number of fused-ring (bicyclic) bond motifs is 4. The number of nitrogens with zero attached hydrogens (tertiary/aromatic N) is 4. The minimum atomic E-state index is -0.628. The third-order valence-electron chi connectivity index (χ3n) is 12.0. The molecule has 3 saturated heterocycles. The molecule has 3 amide bonds. The van der Waals surface area contributed by atoms with Crippen molar-refractivity contribution >= 4 is 23.4 Å². The van der Waals surface area contributed by atoms with Crippen LogP contribution < -0.4 is 19.7 Å². The number of nitrogens with one attached hydrogen (secondary N) is 1. The highest BCUT2D eigenvalue weighted by Gasteiger charge is 2.43. The van der Waals surface area contributed by atoms with Crippen LogP contribution in [-0.4, -0.2) is 102 Å². The van der Waals surface area contributed by atoms with Crippen molar-refractivity contribution in [3.05, 3.63) is 119 Å². The third kappa shape index (κ3) is 7.00. The quantitative estimate of drug-likeness (QED) is 0.212. The second kappa shape index (κ2) is 14.6. The fraction of sp³-hybridized carbons (Fsp3) is 0.372. The summed E-state index contributed by atoms with van der Waals surface area (Å²) in [5.74, 6) is 0.649. The van der Waals surface area contributed by atoms with Crippen LogP contribution in [0.2, 0.25) is 0 Å². The maximum Gasteiger partial charge on any atom is 0.255 e. The SMILES string of the molecule is O=C1CC[C@H](N2Cc3cc(OCCN4C[C@H]5C[C@@H]4CN5CCOc4ccc(C5c6ccc(O)cc6CCN5c5ccc(F)cc5)cc4)ccc3C2=O)C(=O)N1. The Kier molecular flexibility index (Phi) is 9.39. The van der Waals surface area contributed by atoms with Crippen LogP contribution in [0.4, 0.5) is 10.1 Å². The van der Waals surface area contributed by atoms with Gasteiger partial charge in [-0.25, -0.2) is 4.39 Å². The fourth-order valence-corrected chi connectivity index (χ4v) is 9.21. The number of imide groups is 1. The largest absolute Gasteiger partial charge is 0.508 e. The summed E-state index contributed by atoms with van der Waals surface area (Å²) in [6, 6.07) is 26.2. The summed E-state index contributed by atoms with van der Waals surface area (Å²) in [5, 5.41) is 12.5. The van der Waals surface area contributed by atoms with Gasteiger partial charge >= 0.3 is 0 Å². The van der Waals surface area contributed by atoms with Gasteiger partial charge in [-0.05, 0) is 108 Å². The van der Waals surface area contributed by atoms with E-state index >= 15 is 0 Å². The van der Waals surface area contributed by atoms with Crippen LogP contribution in [0, 0.1) is 5.82 Å². The van der Waals surface area contributed by atoms with Crippen molar-refractivity contribution < 1.29 is 33.4 Å². The lowest BCUT2D eigenvalue weighted by Gasteiger charge is -2.39. The topological polar surface area (TPSA) is 115 Å². The predicted octanol–water partition coefficient (Wildman–Crippen LogP) is 4.66. The van der Waals surface area contributed by atoms with Crippen LogP contribution in [-0.2, 0) is 22.6 Å². The summed E-state index contributed by atoms with van der Waals surface area (Å²) >= 11 is 0. The minimum Gasteiger partial charge on any atom is -0.508 e. The van der Waals surface area contributed by atoms with Gasteiger partial charge in [0.05, 0.1) is 6.04 Å². The molecular formula is C43H44FN5O6. The number of hydrogen-bond acceptors (Lipinski definition) is 9. The number of piperidine rings is 1. The Bertz CT molecular complexity index is 2110. The van der Waals surface area contributed by atoms with Crippen molar-refractivity contribution in [2.24, 2.45) is 0 Å². The van der Waals surface area contributed by atoms with Gasteiger partial charge in [-0.3, -0.25) is 29.5 Å². The van der Waals surface area contributed by atoms with Crippen molar-refractivity contribution in [3.8, 4) is 17.2 Å². The second-order valence-electron chi connectivity index (χ2n) is 15.2. The van der Waals surface area contributed by atoms with Gasteiger partial charge in [0.2, 0.25) is 11.8 Å². The molecule has 5 aliphatic rings. The van der Waals surface area contributed by atoms with Crippen molar-refractivity contribution in [3.63, 3.8) is 0 Å². The van der Waals surface area contributed by atoms with Gasteiger partial charge in [-0.15, -0.1) is 0 Å². The maximum atomic E-state index is 13.8. The van der Waals surface area contributed by atoms with E-state index in [2.05, 4.69) is 32.1 Å². The highest BCUT2D eigenvalue weighted by Crippen LogP contribution is 2.40. The van der Waals surface area contributed by atoms with E-state index in [1.807, 2.05) is 48.5 Å². The molecular weight excluding hydrogens is 702 g/mol. The van der Waals surface area contributed by atoms with E-state index in [9.17, 15) is 23.9 Å². The molecule has 2 N–H and O–H groups in total. The smallest absolute Gasteiger partial charge is 0.255 e. The zero-order chi connectivity index (χ0) is 37.6. The van der Waals surface area contributed by atoms with Crippen molar-refractivity contribution in [2.75, 3.05) is 50.8 Å². The third-order valence-corrected chi connectivity index (χ3v) is 12.0. The van der Waals surface area contributed by atoms with E-state index in [4.69, 9.17) is 9.47 Å². The first-order chi connectivity index (χ1) is 26.8. The molecule has 284 valence electrons. The fourth-order valence-electron chi connectivity index (χ4n) is 9.21. The number of halogens is 1. The molecule has 5 heterocycles. The van der Waals surface area contributed by atoms with Crippen LogP contribution in [0.25, 0.3) is 0 Å². The number of hydrogen-bond donors (Lipinski definition) is 2. The molecule has 4 atom stereocenters. The van der Waals surface area contributed by atoms with E-state index in [1.165, 1.54) is 12.1 Å². The van der Waals surface area contributed by atoms with Crippen LogP contribution in [0.3, 0.4) is 0 Å². The molecule has 2 bridgehead atoms. The lowest BCUT2D eigenvalue weighted by Crippen LogP contribution is -2.52. The van der Waals surface area contributed by atoms with Gasteiger partial charge in [0.25, 0.3) is 5.91 Å². The number of phenolic OH excluding ortho intramolecular Hbond substituents is 1. The summed E-state index contributed by atoms with van der Waals surface area (Å²) in [4.78, 5) is 45.8. The average Bonchev–Trinajstić information content (AvgIpc) is 3.87. The van der Waals surface area contributed by atoms with Crippen molar-refractivity contribution in [1.29, 1.82) is 0 Å². The molecule has 0 spiro atoms. The number of carbonyl (C=O) groups is 3. The van der Waals surface area contributed by atoms with E-state index in [-0.39, 0.29) is 35.8 Å². The number of amides is 3. The first-order valence-electron chi connectivity index (χ1n) is 19.2. The van der Waals surface area contributed by atoms with E-state index in [0.717, 1.165) is 79.3 Å². The second-order valence-corrected chi connectivity index (χ2v) is 15.2. The highest BCUT2D eigenvalue weighted by molar-refractivity contribution is 6.05. The number of carbonyl (C=O) groups excluding carboxylic acids is 3. The number of ether oxygens (including phenoxy) is 2. The van der Waals surface area contributed by atoms with Crippen LogP contribution in [0.1, 0.15) is 57.9 Å². The van der Waals surface area contributed by atoms with Crippen LogP contribution >= 0.6 is 0 Å². The lowest BCUT2D eigenvalue weighted by molar-refractivity contribution is -0.136. The number of benzene rings is 4. The van der Waals surface area contributed by atoms with Gasteiger partial charge in [-0.1, -0.05) is 18.2 Å². The lowest BCUT2D eigenvalue weighted by atomic mass is 9.87. The van der Waals surface area contributed by atoms with Gasteiger partial charge < -0.3 is 24.4 Å². The van der Waals surface area contributed by atoms with E-state index in [0.29, 0.717) is 49.6 Å². The molecule has 0 aliphatic carbocycles. The van der Waals surface area contributed by atoms with Crippen molar-refractivity contribution in [2.45, 2.75) is 56.4 Å². The maximum absolute atomic E-state index is 13.8. The number of likely N-dealkylation sites (tertiary alicyclic amines) is 2. The molecule has 5 aliphatic heterocycles. The normalized spacial score (nSPS) is 23.5. The van der Waals surface area contributed by atoms with Crippen LogP contribution in [0.15, 0.2) is 84.9 Å². The first kappa shape index (κ1) is 35.3. The zero-order valence-corrected chi connectivity index (χ0v) is 30.5. The number of piperazine rings is 1. The standard InChI is InChI=1S/C43H44FN5O6/c44-30-3-5-31(6-4-30)48-16-15-28-21-34(50)7-11-37(28)41(48)27-1-8-35(9-2-27)54-19-17-46-25-33-23-32(46)26-47(33)18-20-55-36-10-12-38-29(22-36)24-49(43(38)53)39-13-14-40(51)45-42(39)52/h1-12,21-22,32-33,39,41,50H,13-20,23-26H2,(H,45,51,52)/t32-,33-,39+,41?/m1/s1. The summed E-state index contributed by atoms with van der Waals surface area (Å²) in [6.07, 6.45) is 2.50. The Balaban J connectivity index is 0.746. The summed E-state index contributed by atoms with van der Waals surface area (Å²) < 4.78 is 26.1. The number of anilines is 1. The van der Waals surface area contributed by atoms with Crippen LogP contribution in [0.5, 0.6) is 17.2 Å². The van der Waals surface area contributed by atoms with E-state index in [1.54, 1.807) is 17.0 Å². The summed E-state index contributed by atoms with van der Waals surface area (Å²) in [5.41, 5.74) is 5.73. The Labute approximate surface area is 319 Å².